The van der Waals surface area contributed by atoms with E-state index in [1.54, 1.807) is 7.11 Å². The molecule has 1 aromatic rings. The molecule has 78 valence electrons. The minimum atomic E-state index is -0.124. The Morgan fingerprint density at radius 2 is 2.20 bits per heavy atom. The van der Waals surface area contributed by atoms with Crippen molar-refractivity contribution in [3.63, 3.8) is 0 Å². The van der Waals surface area contributed by atoms with Crippen LogP contribution in [0, 0.1) is 16.7 Å². The number of nitrogens with zero attached hydrogens (tertiary/aromatic N) is 1. The summed E-state index contributed by atoms with van der Waals surface area (Å²) in [7, 11) is 1.65. The standard InChI is InChI=1S/C12H14N2O/c1-15-11-5-3-2-4-10(11)14-9-12(8-13)6-7-12/h2-5,14H,6-7,9H2,1H3. The van der Waals surface area contributed by atoms with E-state index in [4.69, 9.17) is 10.00 Å². The highest BCUT2D eigenvalue weighted by molar-refractivity contribution is 5.56. The third kappa shape index (κ3) is 2.04. The quantitative estimate of drug-likeness (QED) is 0.815. The van der Waals surface area contributed by atoms with E-state index < -0.39 is 0 Å². The first-order valence-electron chi connectivity index (χ1n) is 5.08. The first-order valence-corrected chi connectivity index (χ1v) is 5.08. The molecular formula is C12H14N2O. The molecule has 0 atom stereocenters. The molecule has 1 aliphatic rings. The molecule has 0 heterocycles. The highest BCUT2D eigenvalue weighted by atomic mass is 16.5. The van der Waals surface area contributed by atoms with Gasteiger partial charge in [0.05, 0.1) is 24.3 Å². The molecule has 2 rings (SSSR count). The summed E-state index contributed by atoms with van der Waals surface area (Å²) in [6.07, 6.45) is 2.01. The Labute approximate surface area is 89.7 Å². The van der Waals surface area contributed by atoms with E-state index in [9.17, 15) is 0 Å². The second-order valence-corrected chi connectivity index (χ2v) is 3.95. The molecule has 1 aliphatic carbocycles. The molecular weight excluding hydrogens is 188 g/mol. The lowest BCUT2D eigenvalue weighted by atomic mass is 10.1. The van der Waals surface area contributed by atoms with Crippen LogP contribution >= 0.6 is 0 Å². The molecule has 1 N–H and O–H groups in total. The van der Waals surface area contributed by atoms with Crippen molar-refractivity contribution in [2.45, 2.75) is 12.8 Å². The van der Waals surface area contributed by atoms with Crippen molar-refractivity contribution in [3.05, 3.63) is 24.3 Å². The lowest BCUT2D eigenvalue weighted by Crippen LogP contribution is -2.13. The SMILES string of the molecule is COc1ccccc1NCC1(C#N)CC1. The summed E-state index contributed by atoms with van der Waals surface area (Å²) in [5.41, 5.74) is 0.836. The van der Waals surface area contributed by atoms with Crippen molar-refractivity contribution in [2.24, 2.45) is 5.41 Å². The van der Waals surface area contributed by atoms with Gasteiger partial charge in [0.2, 0.25) is 0 Å². The van der Waals surface area contributed by atoms with Crippen LogP contribution in [-0.2, 0) is 0 Å². The normalized spacial score (nSPS) is 16.5. The predicted molar refractivity (Wildman–Crippen MR) is 58.8 cm³/mol. The number of ether oxygens (including phenoxy) is 1. The summed E-state index contributed by atoms with van der Waals surface area (Å²) in [4.78, 5) is 0. The van der Waals surface area contributed by atoms with Gasteiger partial charge < -0.3 is 10.1 Å². The van der Waals surface area contributed by atoms with Crippen molar-refractivity contribution in [1.29, 1.82) is 5.26 Å². The Morgan fingerprint density at radius 3 is 2.80 bits per heavy atom. The van der Waals surface area contributed by atoms with Gasteiger partial charge in [0.15, 0.2) is 0 Å². The Hall–Kier alpha value is -1.69. The van der Waals surface area contributed by atoms with Crippen molar-refractivity contribution < 1.29 is 4.74 Å². The molecule has 0 aliphatic heterocycles. The first-order chi connectivity index (χ1) is 7.29. The van der Waals surface area contributed by atoms with Crippen LogP contribution in [0.2, 0.25) is 0 Å². The van der Waals surface area contributed by atoms with Crippen LogP contribution in [0.5, 0.6) is 5.75 Å². The fourth-order valence-corrected chi connectivity index (χ4v) is 1.53. The Morgan fingerprint density at radius 1 is 1.47 bits per heavy atom. The molecule has 1 fully saturated rings. The molecule has 1 saturated carbocycles. The van der Waals surface area contributed by atoms with Crippen molar-refractivity contribution in [1.82, 2.24) is 0 Å². The van der Waals surface area contributed by atoms with E-state index >= 15 is 0 Å². The summed E-state index contributed by atoms with van der Waals surface area (Å²) in [6.45, 7) is 0.712. The maximum Gasteiger partial charge on any atom is 0.141 e. The van der Waals surface area contributed by atoms with Gasteiger partial charge >= 0.3 is 0 Å². The Bertz CT molecular complexity index is 391. The van der Waals surface area contributed by atoms with Gasteiger partial charge in [0, 0.05) is 6.54 Å². The molecule has 15 heavy (non-hydrogen) atoms. The van der Waals surface area contributed by atoms with Crippen LogP contribution in [0.3, 0.4) is 0 Å². The number of hydrogen-bond acceptors (Lipinski definition) is 3. The lowest BCUT2D eigenvalue weighted by Gasteiger charge is -2.12. The largest absolute Gasteiger partial charge is 0.495 e. The molecule has 3 heteroatoms. The van der Waals surface area contributed by atoms with Gasteiger partial charge in [0.25, 0.3) is 0 Å². The molecule has 0 amide bonds. The predicted octanol–water partition coefficient (Wildman–Crippen LogP) is 2.41. The third-order valence-electron chi connectivity index (χ3n) is 2.81. The van der Waals surface area contributed by atoms with Gasteiger partial charge in [0.1, 0.15) is 5.75 Å². The Kier molecular flexibility index (Phi) is 2.51. The van der Waals surface area contributed by atoms with E-state index in [1.807, 2.05) is 24.3 Å². The Balaban J connectivity index is 2.02. The van der Waals surface area contributed by atoms with Gasteiger partial charge in [-0.25, -0.2) is 0 Å². The lowest BCUT2D eigenvalue weighted by molar-refractivity contribution is 0.416. The van der Waals surface area contributed by atoms with Crippen molar-refractivity contribution in [2.75, 3.05) is 19.0 Å². The summed E-state index contributed by atoms with van der Waals surface area (Å²) < 4.78 is 5.22. The smallest absolute Gasteiger partial charge is 0.141 e. The van der Waals surface area contributed by atoms with Crippen LogP contribution in [0.4, 0.5) is 5.69 Å². The van der Waals surface area contributed by atoms with Gasteiger partial charge in [-0.05, 0) is 25.0 Å². The van der Waals surface area contributed by atoms with E-state index in [0.717, 1.165) is 24.3 Å². The maximum absolute atomic E-state index is 8.94. The second-order valence-electron chi connectivity index (χ2n) is 3.95. The van der Waals surface area contributed by atoms with E-state index in [0.29, 0.717) is 6.54 Å². The molecule has 0 unspecified atom stereocenters. The van der Waals surface area contributed by atoms with Crippen molar-refractivity contribution >= 4 is 5.69 Å². The maximum atomic E-state index is 8.94. The highest BCUT2D eigenvalue weighted by Crippen LogP contribution is 2.45. The van der Waals surface area contributed by atoms with Gasteiger partial charge in [-0.3, -0.25) is 0 Å². The average Bonchev–Trinajstić information content (AvgIpc) is 3.07. The zero-order valence-corrected chi connectivity index (χ0v) is 8.79. The summed E-state index contributed by atoms with van der Waals surface area (Å²) in [6, 6.07) is 10.1. The van der Waals surface area contributed by atoms with E-state index in [1.165, 1.54) is 0 Å². The van der Waals surface area contributed by atoms with Crippen LogP contribution < -0.4 is 10.1 Å². The molecule has 3 nitrogen and oxygen atoms in total. The summed E-state index contributed by atoms with van der Waals surface area (Å²) in [5, 5.41) is 12.2. The third-order valence-corrected chi connectivity index (χ3v) is 2.81. The molecule has 0 bridgehead atoms. The monoisotopic (exact) mass is 202 g/mol. The van der Waals surface area contributed by atoms with Crippen LogP contribution in [0.25, 0.3) is 0 Å². The topological polar surface area (TPSA) is 45.0 Å². The van der Waals surface area contributed by atoms with Gasteiger partial charge in [-0.1, -0.05) is 12.1 Å². The fourth-order valence-electron chi connectivity index (χ4n) is 1.53. The molecule has 0 radical (unpaired) electrons. The minimum absolute atomic E-state index is 0.124. The van der Waals surface area contributed by atoms with E-state index in [2.05, 4.69) is 11.4 Å². The molecule has 0 aromatic heterocycles. The first kappa shape index (κ1) is 9.85. The zero-order chi connectivity index (χ0) is 10.7. The van der Waals surface area contributed by atoms with Crippen LogP contribution in [-0.4, -0.2) is 13.7 Å². The van der Waals surface area contributed by atoms with Crippen molar-refractivity contribution in [3.8, 4) is 11.8 Å². The van der Waals surface area contributed by atoms with Gasteiger partial charge in [-0.2, -0.15) is 5.26 Å². The number of rotatable bonds is 4. The number of nitriles is 1. The zero-order valence-electron chi connectivity index (χ0n) is 8.79. The number of nitrogens with one attached hydrogen (secondary N) is 1. The van der Waals surface area contributed by atoms with Gasteiger partial charge in [-0.15, -0.1) is 0 Å². The minimum Gasteiger partial charge on any atom is -0.495 e. The number of para-hydroxylation sites is 2. The molecule has 1 aromatic carbocycles. The average molecular weight is 202 g/mol. The molecule has 0 spiro atoms. The highest BCUT2D eigenvalue weighted by Gasteiger charge is 2.42. The summed E-state index contributed by atoms with van der Waals surface area (Å²) >= 11 is 0. The number of methoxy groups -OCH3 is 1. The number of benzene rings is 1. The number of hydrogen-bond donors (Lipinski definition) is 1. The fraction of sp³-hybridized carbons (Fsp3) is 0.417. The molecule has 0 saturated heterocycles. The van der Waals surface area contributed by atoms with E-state index in [-0.39, 0.29) is 5.41 Å². The van der Waals surface area contributed by atoms with Crippen LogP contribution in [0.15, 0.2) is 24.3 Å². The summed E-state index contributed by atoms with van der Waals surface area (Å²) in [5.74, 6) is 0.825. The number of anilines is 1. The second kappa shape index (κ2) is 3.82. The van der Waals surface area contributed by atoms with Crippen LogP contribution in [0.1, 0.15) is 12.8 Å².